The quantitative estimate of drug-likeness (QED) is 0.900. The van der Waals surface area contributed by atoms with Gasteiger partial charge in [-0.05, 0) is 32.0 Å². The van der Waals surface area contributed by atoms with E-state index in [1.165, 1.54) is 23.6 Å². The molecule has 2 heterocycles. The molecule has 1 N–H and O–H groups in total. The summed E-state index contributed by atoms with van der Waals surface area (Å²) in [6.45, 7) is 5.20. The predicted molar refractivity (Wildman–Crippen MR) is 72.0 cm³/mol. The van der Waals surface area contributed by atoms with E-state index in [0.717, 1.165) is 29.4 Å². The van der Waals surface area contributed by atoms with Gasteiger partial charge in [-0.15, -0.1) is 11.3 Å². The summed E-state index contributed by atoms with van der Waals surface area (Å²) in [6.07, 6.45) is 2.32. The Morgan fingerprint density at radius 3 is 2.94 bits per heavy atom. The molecule has 0 aliphatic heterocycles. The van der Waals surface area contributed by atoms with Gasteiger partial charge in [-0.1, -0.05) is 6.92 Å². The van der Waals surface area contributed by atoms with Crippen molar-refractivity contribution in [3.05, 3.63) is 35.2 Å². The topological polar surface area (TPSA) is 37.8 Å². The number of halogens is 1. The SMILES string of the molecule is CCCNC(C)c1csc(-c2ccc(F)cn2)n1. The molecule has 3 nitrogen and oxygen atoms in total. The standard InChI is InChI=1S/C13H16FN3S/c1-3-6-15-9(2)12-8-18-13(17-12)11-5-4-10(14)7-16-11/h4-5,7-9,15H,3,6H2,1-2H3. The van der Waals surface area contributed by atoms with Gasteiger partial charge < -0.3 is 5.32 Å². The first kappa shape index (κ1) is 13.1. The highest BCUT2D eigenvalue weighted by Gasteiger charge is 2.11. The lowest BCUT2D eigenvalue weighted by Gasteiger charge is -2.09. The first-order valence-electron chi connectivity index (χ1n) is 6.01. The molecule has 0 aliphatic carbocycles. The Hall–Kier alpha value is -1.33. The van der Waals surface area contributed by atoms with E-state index < -0.39 is 0 Å². The summed E-state index contributed by atoms with van der Waals surface area (Å²) < 4.78 is 12.8. The van der Waals surface area contributed by atoms with Crippen LogP contribution in [0, 0.1) is 5.82 Å². The van der Waals surface area contributed by atoms with E-state index in [1.807, 2.05) is 5.38 Å². The second-order valence-electron chi connectivity index (χ2n) is 4.11. The zero-order valence-corrected chi connectivity index (χ0v) is 11.3. The Morgan fingerprint density at radius 2 is 2.28 bits per heavy atom. The van der Waals surface area contributed by atoms with E-state index >= 15 is 0 Å². The van der Waals surface area contributed by atoms with Crippen molar-refractivity contribution in [3.63, 3.8) is 0 Å². The van der Waals surface area contributed by atoms with Crippen molar-refractivity contribution in [2.24, 2.45) is 0 Å². The zero-order chi connectivity index (χ0) is 13.0. The number of hydrogen-bond donors (Lipinski definition) is 1. The van der Waals surface area contributed by atoms with Crippen molar-refractivity contribution in [3.8, 4) is 10.7 Å². The van der Waals surface area contributed by atoms with E-state index in [0.29, 0.717) is 0 Å². The molecule has 5 heteroatoms. The fraction of sp³-hybridized carbons (Fsp3) is 0.385. The summed E-state index contributed by atoms with van der Waals surface area (Å²) in [7, 11) is 0. The Balaban J connectivity index is 2.12. The molecule has 18 heavy (non-hydrogen) atoms. The van der Waals surface area contributed by atoms with Gasteiger partial charge in [0.15, 0.2) is 0 Å². The van der Waals surface area contributed by atoms with E-state index in [-0.39, 0.29) is 11.9 Å². The average Bonchev–Trinajstić information content (AvgIpc) is 2.86. The van der Waals surface area contributed by atoms with Gasteiger partial charge in [0.1, 0.15) is 10.8 Å². The molecule has 0 radical (unpaired) electrons. The van der Waals surface area contributed by atoms with Crippen LogP contribution >= 0.6 is 11.3 Å². The highest BCUT2D eigenvalue weighted by molar-refractivity contribution is 7.13. The lowest BCUT2D eigenvalue weighted by Crippen LogP contribution is -2.19. The fourth-order valence-corrected chi connectivity index (χ4v) is 2.46. The van der Waals surface area contributed by atoms with Crippen LogP contribution in [-0.2, 0) is 0 Å². The fourth-order valence-electron chi connectivity index (χ4n) is 1.57. The van der Waals surface area contributed by atoms with Crippen LogP contribution in [0.15, 0.2) is 23.7 Å². The minimum Gasteiger partial charge on any atom is -0.309 e. The Bertz CT molecular complexity index is 495. The van der Waals surface area contributed by atoms with E-state index in [9.17, 15) is 4.39 Å². The monoisotopic (exact) mass is 265 g/mol. The van der Waals surface area contributed by atoms with Crippen LogP contribution in [0.1, 0.15) is 32.0 Å². The summed E-state index contributed by atoms with van der Waals surface area (Å²) in [5, 5.41) is 6.24. The van der Waals surface area contributed by atoms with Gasteiger partial charge in [0.25, 0.3) is 0 Å². The van der Waals surface area contributed by atoms with Crippen LogP contribution in [0.25, 0.3) is 10.7 Å². The van der Waals surface area contributed by atoms with Crippen molar-refractivity contribution < 1.29 is 4.39 Å². The molecule has 0 spiro atoms. The second-order valence-corrected chi connectivity index (χ2v) is 4.97. The third-order valence-corrected chi connectivity index (χ3v) is 3.50. The van der Waals surface area contributed by atoms with Gasteiger partial charge in [-0.25, -0.2) is 9.37 Å². The molecule has 1 unspecified atom stereocenters. The Morgan fingerprint density at radius 1 is 1.44 bits per heavy atom. The number of pyridine rings is 1. The molecule has 0 aliphatic rings. The van der Waals surface area contributed by atoms with Crippen molar-refractivity contribution in [1.82, 2.24) is 15.3 Å². The van der Waals surface area contributed by atoms with Crippen LogP contribution in [0.2, 0.25) is 0 Å². The van der Waals surface area contributed by atoms with Crippen LogP contribution in [0.5, 0.6) is 0 Å². The highest BCUT2D eigenvalue weighted by atomic mass is 32.1. The van der Waals surface area contributed by atoms with Crippen LogP contribution < -0.4 is 5.32 Å². The smallest absolute Gasteiger partial charge is 0.142 e. The number of thiazole rings is 1. The van der Waals surface area contributed by atoms with E-state index in [1.54, 1.807) is 6.07 Å². The molecule has 0 amide bonds. The lowest BCUT2D eigenvalue weighted by atomic mass is 10.2. The molecule has 2 rings (SSSR count). The minimum atomic E-state index is -0.325. The molecule has 2 aromatic rings. The second kappa shape index (κ2) is 6.02. The summed E-state index contributed by atoms with van der Waals surface area (Å²) in [5.74, 6) is -0.325. The molecule has 0 saturated carbocycles. The van der Waals surface area contributed by atoms with Gasteiger partial charge in [-0.2, -0.15) is 0 Å². The average molecular weight is 265 g/mol. The van der Waals surface area contributed by atoms with Gasteiger partial charge in [0, 0.05) is 11.4 Å². The first-order valence-corrected chi connectivity index (χ1v) is 6.89. The van der Waals surface area contributed by atoms with E-state index in [4.69, 9.17) is 0 Å². The minimum absolute atomic E-state index is 0.232. The maximum Gasteiger partial charge on any atom is 0.142 e. The van der Waals surface area contributed by atoms with Crippen LogP contribution in [-0.4, -0.2) is 16.5 Å². The molecule has 0 saturated heterocycles. The normalized spacial score (nSPS) is 12.6. The van der Waals surface area contributed by atoms with Crippen molar-refractivity contribution >= 4 is 11.3 Å². The zero-order valence-electron chi connectivity index (χ0n) is 10.5. The molecular weight excluding hydrogens is 249 g/mol. The van der Waals surface area contributed by atoms with Crippen molar-refractivity contribution in [1.29, 1.82) is 0 Å². The molecule has 1 atom stereocenters. The summed E-state index contributed by atoms with van der Waals surface area (Å²) >= 11 is 1.53. The number of nitrogens with one attached hydrogen (secondary N) is 1. The number of rotatable bonds is 5. The molecule has 0 bridgehead atoms. The number of nitrogens with zero attached hydrogens (tertiary/aromatic N) is 2. The largest absolute Gasteiger partial charge is 0.309 e. The Kier molecular flexibility index (Phi) is 4.38. The van der Waals surface area contributed by atoms with E-state index in [2.05, 4.69) is 29.1 Å². The molecule has 0 fully saturated rings. The molecule has 2 aromatic heterocycles. The summed E-state index contributed by atoms with van der Waals surface area (Å²) in [4.78, 5) is 8.57. The highest BCUT2D eigenvalue weighted by Crippen LogP contribution is 2.24. The first-order chi connectivity index (χ1) is 8.70. The van der Waals surface area contributed by atoms with Gasteiger partial charge >= 0.3 is 0 Å². The molecular formula is C13H16FN3S. The van der Waals surface area contributed by atoms with Gasteiger partial charge in [0.05, 0.1) is 17.6 Å². The summed E-state index contributed by atoms with van der Waals surface area (Å²) in [5.41, 5.74) is 1.73. The van der Waals surface area contributed by atoms with Crippen LogP contribution in [0.3, 0.4) is 0 Å². The number of hydrogen-bond acceptors (Lipinski definition) is 4. The maximum atomic E-state index is 12.8. The van der Waals surface area contributed by atoms with Crippen molar-refractivity contribution in [2.75, 3.05) is 6.54 Å². The van der Waals surface area contributed by atoms with Gasteiger partial charge in [-0.3, -0.25) is 4.98 Å². The van der Waals surface area contributed by atoms with Gasteiger partial charge in [0.2, 0.25) is 0 Å². The molecule has 0 aromatic carbocycles. The third-order valence-electron chi connectivity index (χ3n) is 2.61. The maximum absolute atomic E-state index is 12.8. The summed E-state index contributed by atoms with van der Waals surface area (Å²) in [6, 6.07) is 3.29. The third kappa shape index (κ3) is 3.11. The number of aromatic nitrogens is 2. The molecule has 96 valence electrons. The Labute approximate surface area is 110 Å². The predicted octanol–water partition coefficient (Wildman–Crippen LogP) is 3.40. The lowest BCUT2D eigenvalue weighted by molar-refractivity contribution is 0.561. The van der Waals surface area contributed by atoms with Crippen molar-refractivity contribution in [2.45, 2.75) is 26.3 Å². The van der Waals surface area contributed by atoms with Crippen LogP contribution in [0.4, 0.5) is 4.39 Å².